The molecule has 18 nitrogen and oxygen atoms in total. The number of hydrogen-bond acceptors (Lipinski definition) is 9. The molecule has 334 valence electrons. The number of nitrogens with zero attached hydrogens (tertiary/aromatic N) is 2. The van der Waals surface area contributed by atoms with Gasteiger partial charge in [0.25, 0.3) is 0 Å². The number of carboxylic acid groups (broad SMARTS) is 1. The van der Waals surface area contributed by atoms with Gasteiger partial charge in [-0.1, -0.05) is 42.5 Å². The molecule has 0 bridgehead atoms. The Labute approximate surface area is 365 Å². The second kappa shape index (κ2) is 27.3. The zero-order valence-corrected chi connectivity index (χ0v) is 35.6. The number of nitrogens with two attached hydrogens (primary N) is 2. The molecule has 11 N–H and O–H groups in total. The fraction of sp³-hybridized carbons (Fsp3) is 0.512. The number of carbonyl (C=O) groups excluding carboxylic acids is 6. The number of aliphatic imine (C=N–C) groups is 1. The number of benzene rings is 2. The van der Waals surface area contributed by atoms with Crippen molar-refractivity contribution in [1.29, 1.82) is 0 Å². The fourth-order valence-electron chi connectivity index (χ4n) is 6.53. The van der Waals surface area contributed by atoms with Gasteiger partial charge in [-0.05, 0) is 68.2 Å². The van der Waals surface area contributed by atoms with Gasteiger partial charge in [0, 0.05) is 56.5 Å². The SMILES string of the molecule is NC(N)=NCCC[C@@H]1NC(=O)[C@H](CCCCNC(=O)CCCc2ccc(N(CCCl)CCCl)cc2)NC(=O)[C@@H](Cc2ccccc2)NC(=O)[C@H](CC(=O)O)NC(=O)CNC1=O. The van der Waals surface area contributed by atoms with Crippen LogP contribution in [0.15, 0.2) is 59.6 Å². The molecule has 1 aliphatic heterocycles. The second-order valence-corrected chi connectivity index (χ2v) is 15.2. The minimum absolute atomic E-state index is 0.0347. The number of unbranched alkanes of at least 4 members (excludes halogenated alkanes) is 1. The Kier molecular flexibility index (Phi) is 22.2. The summed E-state index contributed by atoms with van der Waals surface area (Å²) >= 11 is 11.9. The molecule has 61 heavy (non-hydrogen) atoms. The van der Waals surface area contributed by atoms with Crippen molar-refractivity contribution in [2.45, 2.75) is 88.4 Å². The first-order chi connectivity index (χ1) is 29.3. The third-order valence-electron chi connectivity index (χ3n) is 9.70. The van der Waals surface area contributed by atoms with E-state index in [1.165, 1.54) is 0 Å². The van der Waals surface area contributed by atoms with E-state index in [1.807, 2.05) is 24.3 Å². The van der Waals surface area contributed by atoms with E-state index in [2.05, 4.69) is 41.8 Å². The van der Waals surface area contributed by atoms with Gasteiger partial charge < -0.3 is 53.4 Å². The van der Waals surface area contributed by atoms with E-state index in [0.717, 1.165) is 11.3 Å². The highest BCUT2D eigenvalue weighted by atomic mass is 35.5. The highest BCUT2D eigenvalue weighted by Crippen LogP contribution is 2.17. The molecule has 0 aromatic heterocycles. The van der Waals surface area contributed by atoms with Crippen LogP contribution in [0, 0.1) is 0 Å². The van der Waals surface area contributed by atoms with Crippen LogP contribution < -0.4 is 48.3 Å². The van der Waals surface area contributed by atoms with Crippen molar-refractivity contribution in [3.8, 4) is 0 Å². The topological polar surface area (TPSA) is 280 Å². The van der Waals surface area contributed by atoms with E-state index in [9.17, 15) is 38.7 Å². The van der Waals surface area contributed by atoms with E-state index in [0.29, 0.717) is 69.1 Å². The van der Waals surface area contributed by atoms with Gasteiger partial charge in [0.2, 0.25) is 35.4 Å². The summed E-state index contributed by atoms with van der Waals surface area (Å²) in [5.74, 6) is -4.73. The Morgan fingerprint density at radius 1 is 0.738 bits per heavy atom. The minimum Gasteiger partial charge on any atom is -0.481 e. The van der Waals surface area contributed by atoms with Crippen LogP contribution in [0.3, 0.4) is 0 Å². The third-order valence-corrected chi connectivity index (χ3v) is 10.0. The second-order valence-electron chi connectivity index (χ2n) is 14.5. The fourth-order valence-corrected chi connectivity index (χ4v) is 6.94. The van der Waals surface area contributed by atoms with Gasteiger partial charge in [-0.2, -0.15) is 0 Å². The first-order valence-corrected chi connectivity index (χ1v) is 21.4. The molecule has 4 atom stereocenters. The van der Waals surface area contributed by atoms with Crippen LogP contribution in [-0.2, 0) is 46.4 Å². The zero-order valence-electron chi connectivity index (χ0n) is 34.1. The predicted octanol–water partition coefficient (Wildman–Crippen LogP) is 0.420. The van der Waals surface area contributed by atoms with Crippen LogP contribution in [0.2, 0.25) is 0 Å². The lowest BCUT2D eigenvalue weighted by Gasteiger charge is -2.26. The molecule has 6 amide bonds. The van der Waals surface area contributed by atoms with E-state index >= 15 is 0 Å². The van der Waals surface area contributed by atoms with Gasteiger partial charge in [0.1, 0.15) is 24.2 Å². The normalized spacial score (nSPS) is 18.8. The smallest absolute Gasteiger partial charge is 0.305 e. The molecule has 2 aromatic carbocycles. The molecule has 1 heterocycles. The number of rotatable bonds is 22. The molecule has 0 spiro atoms. The maximum atomic E-state index is 14.0. The number of carboxylic acids is 1. The van der Waals surface area contributed by atoms with Crippen molar-refractivity contribution in [2.24, 2.45) is 16.5 Å². The highest BCUT2D eigenvalue weighted by molar-refractivity contribution is 6.18. The summed E-state index contributed by atoms with van der Waals surface area (Å²) in [5.41, 5.74) is 13.6. The van der Waals surface area contributed by atoms with Crippen LogP contribution in [0.5, 0.6) is 0 Å². The zero-order chi connectivity index (χ0) is 44.6. The van der Waals surface area contributed by atoms with Crippen molar-refractivity contribution in [1.82, 2.24) is 31.9 Å². The predicted molar refractivity (Wildman–Crippen MR) is 233 cm³/mol. The average molecular weight is 890 g/mol. The lowest BCUT2D eigenvalue weighted by molar-refractivity contribution is -0.141. The van der Waals surface area contributed by atoms with E-state index in [1.54, 1.807) is 30.3 Å². The molecule has 0 saturated carbocycles. The molecular weight excluding hydrogens is 831 g/mol. The first kappa shape index (κ1) is 49.7. The van der Waals surface area contributed by atoms with E-state index < -0.39 is 72.6 Å². The Morgan fingerprint density at radius 2 is 1.34 bits per heavy atom. The standard InChI is InChI=1S/C41H58Cl2N10O8/c42-18-22-53(23-19-43)29-16-14-27(15-17-29)10-6-13-34(54)46-20-5-4-11-31-38(59)50-30(12-7-21-47-41(44)45)37(58)48-26-35(55)49-33(25-36(56)57)40(61)52-32(39(60)51-31)24-28-8-2-1-3-9-28/h1-3,8-9,14-17,30-33H,4-7,10-13,18-26H2,(H,46,54)(H,48,58)(H,49,55)(H,50,59)(H,51,60)(H,52,61)(H,56,57)(H4,44,45,47)/t30-,31-,32+,33-/m0/s1. The molecule has 0 radical (unpaired) electrons. The van der Waals surface area contributed by atoms with Crippen LogP contribution in [0.4, 0.5) is 5.69 Å². The van der Waals surface area contributed by atoms with E-state index in [4.69, 9.17) is 34.7 Å². The molecule has 1 fully saturated rings. The molecule has 3 rings (SSSR count). The van der Waals surface area contributed by atoms with Gasteiger partial charge in [-0.15, -0.1) is 23.2 Å². The Hall–Kier alpha value is -5.62. The quantitative estimate of drug-likeness (QED) is 0.0338. The number of hydrogen-bond donors (Lipinski definition) is 9. The van der Waals surface area contributed by atoms with Crippen molar-refractivity contribution in [3.05, 3.63) is 65.7 Å². The Morgan fingerprint density at radius 3 is 1.98 bits per heavy atom. The van der Waals surface area contributed by atoms with Crippen LogP contribution in [0.25, 0.3) is 0 Å². The lowest BCUT2D eigenvalue weighted by atomic mass is 10.0. The number of aryl methyl sites for hydroxylation is 1. The van der Waals surface area contributed by atoms with Crippen molar-refractivity contribution >= 4 is 76.3 Å². The summed E-state index contributed by atoms with van der Waals surface area (Å²) in [4.78, 5) is 97.8. The van der Waals surface area contributed by atoms with E-state index in [-0.39, 0.29) is 44.1 Å². The number of amides is 6. The van der Waals surface area contributed by atoms with Crippen LogP contribution in [0.1, 0.15) is 62.5 Å². The molecule has 1 aliphatic rings. The van der Waals surface area contributed by atoms with Gasteiger partial charge in [0.05, 0.1) is 13.0 Å². The lowest BCUT2D eigenvalue weighted by Crippen LogP contribution is -2.58. The molecule has 2 aromatic rings. The van der Waals surface area contributed by atoms with Gasteiger partial charge >= 0.3 is 5.97 Å². The first-order valence-electron chi connectivity index (χ1n) is 20.3. The summed E-state index contributed by atoms with van der Waals surface area (Å²) in [6.07, 6.45) is 2.02. The van der Waals surface area contributed by atoms with Crippen LogP contribution >= 0.6 is 23.2 Å². The molecule has 20 heteroatoms. The maximum absolute atomic E-state index is 14.0. The molecule has 1 saturated heterocycles. The summed E-state index contributed by atoms with van der Waals surface area (Å²) in [7, 11) is 0. The monoisotopic (exact) mass is 888 g/mol. The minimum atomic E-state index is -1.59. The molecule has 0 unspecified atom stereocenters. The van der Waals surface area contributed by atoms with Crippen molar-refractivity contribution in [2.75, 3.05) is 49.4 Å². The molecular formula is C41H58Cl2N10O8. The summed E-state index contributed by atoms with van der Waals surface area (Å²) in [6.45, 7) is 1.18. The third kappa shape index (κ3) is 19.1. The van der Waals surface area contributed by atoms with Crippen molar-refractivity contribution < 1.29 is 38.7 Å². The largest absolute Gasteiger partial charge is 0.481 e. The number of guanidine groups is 1. The summed E-state index contributed by atoms with van der Waals surface area (Å²) in [5, 5.41) is 25.1. The number of alkyl halides is 2. The Balaban J connectivity index is 1.71. The molecule has 0 aliphatic carbocycles. The van der Waals surface area contributed by atoms with Gasteiger partial charge in [0.15, 0.2) is 5.96 Å². The van der Waals surface area contributed by atoms with Gasteiger partial charge in [-0.3, -0.25) is 38.6 Å². The summed E-state index contributed by atoms with van der Waals surface area (Å²) in [6, 6.07) is 11.5. The maximum Gasteiger partial charge on any atom is 0.305 e. The number of halogens is 2. The Bertz CT molecular complexity index is 1780. The van der Waals surface area contributed by atoms with Gasteiger partial charge in [-0.25, -0.2) is 0 Å². The number of aliphatic carboxylic acids is 1. The number of anilines is 1. The van der Waals surface area contributed by atoms with Crippen molar-refractivity contribution in [3.63, 3.8) is 0 Å². The number of nitrogens with one attached hydrogen (secondary N) is 6. The number of carbonyl (C=O) groups is 7. The highest BCUT2D eigenvalue weighted by Gasteiger charge is 2.33. The average Bonchev–Trinajstić information content (AvgIpc) is 3.22. The summed E-state index contributed by atoms with van der Waals surface area (Å²) < 4.78 is 0. The van der Waals surface area contributed by atoms with Crippen LogP contribution in [-0.4, -0.2) is 121 Å².